The maximum Gasteiger partial charge on any atom is 0.112 e. The Kier molecular flexibility index (Phi) is 2.47. The topological polar surface area (TPSA) is 32.8 Å². The average Bonchev–Trinajstić information content (AvgIpc) is 2.88. The second-order valence-corrected chi connectivity index (χ2v) is 3.77. The lowest BCUT2D eigenvalue weighted by molar-refractivity contribution is 0.242. The van der Waals surface area contributed by atoms with Gasteiger partial charge >= 0.3 is 0 Å². The highest BCUT2D eigenvalue weighted by molar-refractivity contribution is 6.42. The van der Waals surface area contributed by atoms with Crippen molar-refractivity contribution in [2.75, 3.05) is 6.61 Å². The van der Waals surface area contributed by atoms with Crippen LogP contribution in [-0.2, 0) is 4.74 Å². The van der Waals surface area contributed by atoms with Crippen LogP contribution in [0.4, 0.5) is 0 Å². The highest BCUT2D eigenvalue weighted by Gasteiger charge is 2.39. The minimum absolute atomic E-state index is 0.0141. The molecule has 1 aliphatic heterocycles. The second-order valence-electron chi connectivity index (χ2n) is 2.95. The molecule has 2 rings (SSSR count). The lowest BCUT2D eigenvalue weighted by Crippen LogP contribution is -1.94. The van der Waals surface area contributed by atoms with Crippen LogP contribution in [0.5, 0.6) is 0 Å². The Bertz CT molecular complexity index is 327. The summed E-state index contributed by atoms with van der Waals surface area (Å²) in [5.74, 6) is 0. The van der Waals surface area contributed by atoms with Crippen LogP contribution >= 0.6 is 23.2 Å². The van der Waals surface area contributed by atoms with Gasteiger partial charge in [-0.1, -0.05) is 29.3 Å². The van der Waals surface area contributed by atoms with E-state index in [0.29, 0.717) is 10.0 Å². The number of hydrogen-bond donors (Lipinski definition) is 1. The highest BCUT2D eigenvalue weighted by Crippen LogP contribution is 2.39. The van der Waals surface area contributed by atoms with Gasteiger partial charge < -0.3 is 9.84 Å². The third-order valence-corrected chi connectivity index (χ3v) is 2.77. The van der Waals surface area contributed by atoms with Crippen molar-refractivity contribution >= 4 is 23.2 Å². The van der Waals surface area contributed by atoms with Crippen molar-refractivity contribution in [1.29, 1.82) is 0 Å². The van der Waals surface area contributed by atoms with Crippen LogP contribution in [0.1, 0.15) is 11.7 Å². The van der Waals surface area contributed by atoms with Gasteiger partial charge in [0.1, 0.15) is 12.2 Å². The van der Waals surface area contributed by atoms with Gasteiger partial charge in [0.05, 0.1) is 16.7 Å². The molecule has 1 N–H and O–H groups in total. The SMILES string of the molecule is OC[C@@H]1O[C@H]1c1ccc(Cl)c(Cl)c1. The maximum absolute atomic E-state index is 8.78. The van der Waals surface area contributed by atoms with Crippen LogP contribution in [-0.4, -0.2) is 17.8 Å². The van der Waals surface area contributed by atoms with Crippen LogP contribution in [0, 0.1) is 0 Å². The summed E-state index contributed by atoms with van der Waals surface area (Å²) < 4.78 is 5.20. The first-order chi connectivity index (χ1) is 6.22. The molecule has 0 saturated carbocycles. The minimum atomic E-state index is -0.0720. The van der Waals surface area contributed by atoms with Crippen LogP contribution in [0.25, 0.3) is 0 Å². The summed E-state index contributed by atoms with van der Waals surface area (Å²) in [5, 5.41) is 9.83. The first kappa shape index (κ1) is 9.28. The Morgan fingerprint density at radius 2 is 2.08 bits per heavy atom. The number of halogens is 2. The summed E-state index contributed by atoms with van der Waals surface area (Å²) in [5.41, 5.74) is 0.966. The summed E-state index contributed by atoms with van der Waals surface area (Å²) in [4.78, 5) is 0. The molecule has 0 radical (unpaired) electrons. The van der Waals surface area contributed by atoms with Crippen molar-refractivity contribution in [3.63, 3.8) is 0 Å². The van der Waals surface area contributed by atoms with Crippen molar-refractivity contribution in [1.82, 2.24) is 0 Å². The number of aliphatic hydroxyl groups is 1. The van der Waals surface area contributed by atoms with E-state index in [1.807, 2.05) is 6.07 Å². The summed E-state index contributed by atoms with van der Waals surface area (Å²) in [6.45, 7) is 0.0465. The van der Waals surface area contributed by atoms with Crippen LogP contribution < -0.4 is 0 Å². The molecular weight excluding hydrogens is 211 g/mol. The molecule has 1 aromatic carbocycles. The van der Waals surface area contributed by atoms with E-state index in [0.717, 1.165) is 5.56 Å². The fraction of sp³-hybridized carbons (Fsp3) is 0.333. The van der Waals surface area contributed by atoms with E-state index in [2.05, 4.69) is 0 Å². The van der Waals surface area contributed by atoms with Crippen LogP contribution in [0.3, 0.4) is 0 Å². The lowest BCUT2D eigenvalue weighted by atomic mass is 10.1. The van der Waals surface area contributed by atoms with Crippen molar-refractivity contribution < 1.29 is 9.84 Å². The average molecular weight is 219 g/mol. The first-order valence-corrected chi connectivity index (χ1v) is 4.69. The number of epoxide rings is 1. The predicted octanol–water partition coefficient (Wildman–Crippen LogP) is 2.43. The van der Waals surface area contributed by atoms with Crippen molar-refractivity contribution in [3.8, 4) is 0 Å². The molecule has 1 aliphatic rings. The van der Waals surface area contributed by atoms with Crippen LogP contribution in [0.2, 0.25) is 10.0 Å². The van der Waals surface area contributed by atoms with Gasteiger partial charge in [-0.25, -0.2) is 0 Å². The Balaban J connectivity index is 2.19. The van der Waals surface area contributed by atoms with Gasteiger partial charge in [0.25, 0.3) is 0 Å². The van der Waals surface area contributed by atoms with E-state index >= 15 is 0 Å². The molecule has 0 aliphatic carbocycles. The normalized spacial score (nSPS) is 26.1. The van der Waals surface area contributed by atoms with Gasteiger partial charge in [0.2, 0.25) is 0 Å². The molecule has 4 heteroatoms. The van der Waals surface area contributed by atoms with Gasteiger partial charge in [0.15, 0.2) is 0 Å². The number of aliphatic hydroxyl groups excluding tert-OH is 1. The predicted molar refractivity (Wildman–Crippen MR) is 51.2 cm³/mol. The van der Waals surface area contributed by atoms with Gasteiger partial charge in [-0.05, 0) is 17.7 Å². The first-order valence-electron chi connectivity index (χ1n) is 3.93. The number of hydrogen-bond acceptors (Lipinski definition) is 2. The highest BCUT2D eigenvalue weighted by atomic mass is 35.5. The van der Waals surface area contributed by atoms with E-state index in [1.165, 1.54) is 0 Å². The quantitative estimate of drug-likeness (QED) is 0.774. The monoisotopic (exact) mass is 218 g/mol. The Labute approximate surface area is 86.0 Å². The molecule has 0 unspecified atom stereocenters. The molecule has 2 atom stereocenters. The zero-order valence-corrected chi connectivity index (χ0v) is 8.22. The minimum Gasteiger partial charge on any atom is -0.394 e. The van der Waals surface area contributed by atoms with Crippen LogP contribution in [0.15, 0.2) is 18.2 Å². The molecule has 0 amide bonds. The smallest absolute Gasteiger partial charge is 0.112 e. The van der Waals surface area contributed by atoms with E-state index in [-0.39, 0.29) is 18.8 Å². The molecule has 1 heterocycles. The number of rotatable bonds is 2. The molecule has 13 heavy (non-hydrogen) atoms. The fourth-order valence-electron chi connectivity index (χ4n) is 1.26. The van der Waals surface area contributed by atoms with E-state index in [9.17, 15) is 0 Å². The molecule has 1 fully saturated rings. The van der Waals surface area contributed by atoms with Gasteiger partial charge in [-0.15, -0.1) is 0 Å². The fourth-order valence-corrected chi connectivity index (χ4v) is 1.57. The molecule has 70 valence electrons. The molecule has 0 spiro atoms. The Hall–Kier alpha value is -0.280. The summed E-state index contributed by atoms with van der Waals surface area (Å²) >= 11 is 11.6. The summed E-state index contributed by atoms with van der Waals surface area (Å²) in [6, 6.07) is 5.36. The molecule has 0 bridgehead atoms. The third kappa shape index (κ3) is 1.81. The van der Waals surface area contributed by atoms with Crippen molar-refractivity contribution in [2.24, 2.45) is 0 Å². The van der Waals surface area contributed by atoms with E-state index in [1.54, 1.807) is 12.1 Å². The molecule has 0 aromatic heterocycles. The third-order valence-electron chi connectivity index (χ3n) is 2.03. The molecule has 1 saturated heterocycles. The lowest BCUT2D eigenvalue weighted by Gasteiger charge is -1.98. The second kappa shape index (κ2) is 3.46. The van der Waals surface area contributed by atoms with E-state index in [4.69, 9.17) is 33.0 Å². The standard InChI is InChI=1S/C9H8Cl2O2/c10-6-2-1-5(3-7(6)11)9-8(4-12)13-9/h1-3,8-9,12H,4H2/t8-,9-/m0/s1. The van der Waals surface area contributed by atoms with Gasteiger partial charge in [0, 0.05) is 0 Å². The Morgan fingerprint density at radius 3 is 2.62 bits per heavy atom. The summed E-state index contributed by atoms with van der Waals surface area (Å²) in [6.07, 6.45) is -0.0861. The maximum atomic E-state index is 8.78. The number of benzene rings is 1. The molecular formula is C9H8Cl2O2. The largest absolute Gasteiger partial charge is 0.394 e. The van der Waals surface area contributed by atoms with Gasteiger partial charge in [-0.2, -0.15) is 0 Å². The van der Waals surface area contributed by atoms with Crippen molar-refractivity contribution in [2.45, 2.75) is 12.2 Å². The van der Waals surface area contributed by atoms with Crippen molar-refractivity contribution in [3.05, 3.63) is 33.8 Å². The zero-order valence-electron chi connectivity index (χ0n) is 6.71. The molecule has 2 nitrogen and oxygen atoms in total. The summed E-state index contributed by atoms with van der Waals surface area (Å²) in [7, 11) is 0. The Morgan fingerprint density at radius 1 is 1.31 bits per heavy atom. The zero-order chi connectivity index (χ0) is 9.42. The molecule has 1 aromatic rings. The number of ether oxygens (including phenoxy) is 1. The van der Waals surface area contributed by atoms with E-state index < -0.39 is 0 Å². The van der Waals surface area contributed by atoms with Gasteiger partial charge in [-0.3, -0.25) is 0 Å².